The molecule has 5 rings (SSSR count). The zero-order valence-corrected chi connectivity index (χ0v) is 21.2. The van der Waals surface area contributed by atoms with Gasteiger partial charge in [-0.2, -0.15) is 0 Å². The molecule has 3 aromatic heterocycles. The molecule has 0 bridgehead atoms. The lowest BCUT2D eigenvalue weighted by atomic mass is 9.90. The molecular formula is C26H25BrN4O2S. The number of thiophene rings is 1. The maximum atomic E-state index is 12.8. The summed E-state index contributed by atoms with van der Waals surface area (Å²) in [5.41, 5.74) is 3.28. The number of carbonyl (C=O) groups is 2. The van der Waals surface area contributed by atoms with Gasteiger partial charge in [0.05, 0.1) is 19.7 Å². The summed E-state index contributed by atoms with van der Waals surface area (Å²) in [4.78, 5) is 35.3. The van der Waals surface area contributed by atoms with E-state index < -0.39 is 0 Å². The Labute approximate surface area is 210 Å². The lowest BCUT2D eigenvalue weighted by Gasteiger charge is -2.31. The monoisotopic (exact) mass is 536 g/mol. The number of nitrogens with zero attached hydrogens (tertiary/aromatic N) is 3. The minimum absolute atomic E-state index is 0.0236. The zero-order valence-electron chi connectivity index (χ0n) is 18.8. The number of Topliss-reactive ketones (excluding diaryl/α,β-unsaturated/α-hetero) is 1. The van der Waals surface area contributed by atoms with Crippen LogP contribution in [-0.4, -0.2) is 32.3 Å². The van der Waals surface area contributed by atoms with Gasteiger partial charge < -0.3 is 9.88 Å². The number of ketones is 1. The number of fused-ring (bicyclic) bond motifs is 1. The van der Waals surface area contributed by atoms with Gasteiger partial charge in [-0.15, -0.1) is 11.3 Å². The van der Waals surface area contributed by atoms with Crippen LogP contribution < -0.4 is 5.32 Å². The van der Waals surface area contributed by atoms with Gasteiger partial charge in [-0.25, -0.2) is 4.98 Å². The van der Waals surface area contributed by atoms with E-state index in [9.17, 15) is 9.59 Å². The third-order valence-electron chi connectivity index (χ3n) is 6.37. The molecule has 4 aromatic rings. The number of hydrogen-bond acceptors (Lipinski definition) is 5. The van der Waals surface area contributed by atoms with E-state index in [0.29, 0.717) is 16.9 Å². The molecule has 6 nitrogen and oxygen atoms in total. The highest BCUT2D eigenvalue weighted by Gasteiger charge is 2.29. The van der Waals surface area contributed by atoms with E-state index in [-0.39, 0.29) is 23.8 Å². The molecule has 0 spiro atoms. The summed E-state index contributed by atoms with van der Waals surface area (Å²) in [5.74, 6) is 0.886. The third kappa shape index (κ3) is 4.57. The van der Waals surface area contributed by atoms with Crippen LogP contribution in [0.5, 0.6) is 0 Å². The first-order chi connectivity index (χ1) is 16.5. The average Bonchev–Trinajstić information content (AvgIpc) is 3.47. The van der Waals surface area contributed by atoms with Gasteiger partial charge in [0.25, 0.3) is 5.91 Å². The fraction of sp³-hybridized carbons (Fsp3) is 0.308. The summed E-state index contributed by atoms with van der Waals surface area (Å²) in [6.45, 7) is 1.87. The Balaban J connectivity index is 1.49. The molecule has 0 saturated heterocycles. The Morgan fingerprint density at radius 3 is 2.79 bits per heavy atom. The number of imidazole rings is 1. The number of aromatic nitrogens is 3. The normalized spacial score (nSPS) is 18.2. The molecule has 1 aromatic carbocycles. The summed E-state index contributed by atoms with van der Waals surface area (Å²) in [6, 6.07) is 15.6. The van der Waals surface area contributed by atoms with Crippen molar-refractivity contribution < 1.29 is 9.59 Å². The predicted molar refractivity (Wildman–Crippen MR) is 138 cm³/mol. The van der Waals surface area contributed by atoms with Crippen molar-refractivity contribution in [3.63, 3.8) is 0 Å². The van der Waals surface area contributed by atoms with Crippen LogP contribution in [0, 0.1) is 0 Å². The van der Waals surface area contributed by atoms with Gasteiger partial charge in [-0.3, -0.25) is 14.6 Å². The van der Waals surface area contributed by atoms with Gasteiger partial charge in [0.2, 0.25) is 0 Å². The number of carbonyl (C=O) groups excluding carboxylic acids is 2. The number of amides is 1. The average molecular weight is 537 g/mol. The van der Waals surface area contributed by atoms with Crippen LogP contribution in [0.25, 0.3) is 22.6 Å². The molecule has 1 aliphatic rings. The second-order valence-corrected chi connectivity index (χ2v) is 11.1. The minimum atomic E-state index is -0.0236. The first kappa shape index (κ1) is 22.9. The Morgan fingerprint density at radius 2 is 2.06 bits per heavy atom. The molecule has 34 heavy (non-hydrogen) atoms. The molecule has 1 fully saturated rings. The second kappa shape index (κ2) is 9.80. The van der Waals surface area contributed by atoms with Crippen molar-refractivity contribution in [3.8, 4) is 11.5 Å². The number of nitrogens with one attached hydrogen (secondary N) is 1. The van der Waals surface area contributed by atoms with Gasteiger partial charge in [0.1, 0.15) is 5.69 Å². The number of rotatable bonds is 6. The maximum Gasteiger partial charge on any atom is 0.261 e. The molecule has 1 N–H and O–H groups in total. The second-order valence-electron chi connectivity index (χ2n) is 8.60. The summed E-state index contributed by atoms with van der Waals surface area (Å²) < 4.78 is 3.21. The molecule has 0 aliphatic heterocycles. The Morgan fingerprint density at radius 1 is 1.18 bits per heavy atom. The molecule has 1 saturated carbocycles. The molecule has 1 aliphatic carbocycles. The molecule has 8 heteroatoms. The van der Waals surface area contributed by atoms with E-state index in [1.54, 1.807) is 6.20 Å². The highest BCUT2D eigenvalue weighted by Crippen LogP contribution is 2.36. The Kier molecular flexibility index (Phi) is 6.61. The summed E-state index contributed by atoms with van der Waals surface area (Å²) >= 11 is 4.88. The number of hydrogen-bond donors (Lipinski definition) is 1. The Bertz CT molecular complexity index is 1350. The van der Waals surface area contributed by atoms with Crippen LogP contribution in [0.4, 0.5) is 0 Å². The molecular weight excluding hydrogens is 512 g/mol. The molecule has 3 heterocycles. The molecule has 174 valence electrons. The number of halogens is 1. The van der Waals surface area contributed by atoms with Gasteiger partial charge in [0.15, 0.2) is 11.6 Å². The zero-order chi connectivity index (χ0) is 23.7. The van der Waals surface area contributed by atoms with Crippen molar-refractivity contribution in [1.82, 2.24) is 19.9 Å². The highest BCUT2D eigenvalue weighted by molar-refractivity contribution is 9.11. The van der Waals surface area contributed by atoms with Gasteiger partial charge >= 0.3 is 0 Å². The van der Waals surface area contributed by atoms with Crippen LogP contribution in [0.3, 0.4) is 0 Å². The number of pyridine rings is 1. The molecule has 2 unspecified atom stereocenters. The largest absolute Gasteiger partial charge is 0.349 e. The maximum absolute atomic E-state index is 12.8. The van der Waals surface area contributed by atoms with E-state index >= 15 is 0 Å². The first-order valence-corrected chi connectivity index (χ1v) is 13.2. The lowest BCUT2D eigenvalue weighted by molar-refractivity contribution is 0.0924. The van der Waals surface area contributed by atoms with Crippen LogP contribution in [0.2, 0.25) is 0 Å². The van der Waals surface area contributed by atoms with Crippen LogP contribution in [0.1, 0.15) is 65.1 Å². The molecule has 1 amide bonds. The van der Waals surface area contributed by atoms with Gasteiger partial charge in [-0.1, -0.05) is 13.0 Å². The van der Waals surface area contributed by atoms with Crippen molar-refractivity contribution in [3.05, 3.63) is 69.0 Å². The summed E-state index contributed by atoms with van der Waals surface area (Å²) in [7, 11) is 0. The van der Waals surface area contributed by atoms with Crippen molar-refractivity contribution in [2.24, 2.45) is 0 Å². The molecule has 2 atom stereocenters. The smallest absolute Gasteiger partial charge is 0.261 e. The van der Waals surface area contributed by atoms with Crippen molar-refractivity contribution in [2.45, 2.75) is 51.1 Å². The van der Waals surface area contributed by atoms with Crippen LogP contribution in [-0.2, 0) is 0 Å². The third-order valence-corrected chi connectivity index (χ3v) is 7.99. The first-order valence-electron chi connectivity index (χ1n) is 11.6. The standard InChI is InChI=1S/C26H25BrN4O2S/c1-2-22(32)16-9-10-21-20(14-16)30-25(19-8-3-4-13-28-19)31(21)18-7-5-6-17(15-18)29-26(33)23-11-12-24(27)34-23/h3-4,8-14,17-18H,2,5-7,15H2,1H3,(H,29,33). The number of benzene rings is 1. The van der Waals surface area contributed by atoms with E-state index in [2.05, 4.69) is 30.8 Å². The predicted octanol–water partition coefficient (Wildman–Crippen LogP) is 6.43. The topological polar surface area (TPSA) is 76.9 Å². The highest BCUT2D eigenvalue weighted by atomic mass is 79.9. The SMILES string of the molecule is CCC(=O)c1ccc2c(c1)nc(-c1ccccn1)n2C1CCCC(NC(=O)c2ccc(Br)s2)C1. The Hall–Kier alpha value is -2.84. The fourth-order valence-electron chi connectivity index (χ4n) is 4.74. The van der Waals surface area contributed by atoms with Crippen LogP contribution >= 0.6 is 27.3 Å². The minimum Gasteiger partial charge on any atom is -0.349 e. The van der Waals surface area contributed by atoms with Crippen molar-refractivity contribution in [1.29, 1.82) is 0 Å². The van der Waals surface area contributed by atoms with Gasteiger partial charge in [0, 0.05) is 30.3 Å². The van der Waals surface area contributed by atoms with Gasteiger partial charge in [-0.05, 0) is 84.1 Å². The summed E-state index contributed by atoms with van der Waals surface area (Å²) in [6.07, 6.45) is 6.02. The fourth-order valence-corrected chi connectivity index (χ4v) is 6.03. The van der Waals surface area contributed by atoms with E-state index in [1.807, 2.05) is 55.5 Å². The van der Waals surface area contributed by atoms with E-state index in [1.165, 1.54) is 11.3 Å². The lowest BCUT2D eigenvalue weighted by Crippen LogP contribution is -2.38. The van der Waals surface area contributed by atoms with Crippen molar-refractivity contribution in [2.75, 3.05) is 0 Å². The summed E-state index contributed by atoms with van der Waals surface area (Å²) in [5, 5.41) is 3.24. The van der Waals surface area contributed by atoms with E-state index in [0.717, 1.165) is 52.0 Å². The molecule has 0 radical (unpaired) electrons. The van der Waals surface area contributed by atoms with E-state index in [4.69, 9.17) is 4.98 Å². The van der Waals surface area contributed by atoms with Crippen LogP contribution in [0.15, 0.2) is 58.5 Å². The van der Waals surface area contributed by atoms with Crippen molar-refractivity contribution >= 4 is 50.0 Å². The quantitative estimate of drug-likeness (QED) is 0.288.